The minimum Gasteiger partial charge on any atom is -0.493 e. The van der Waals surface area contributed by atoms with Crippen LogP contribution in [-0.2, 0) is 11.2 Å². The van der Waals surface area contributed by atoms with Gasteiger partial charge in [-0.15, -0.1) is 10.2 Å². The van der Waals surface area contributed by atoms with Gasteiger partial charge in [0.05, 0.1) is 31.0 Å². The molecule has 1 amide bonds. The van der Waals surface area contributed by atoms with Gasteiger partial charge >= 0.3 is 0 Å². The van der Waals surface area contributed by atoms with E-state index in [0.717, 1.165) is 11.3 Å². The average molecular weight is 472 g/mol. The summed E-state index contributed by atoms with van der Waals surface area (Å²) >= 11 is 1.26. The number of nitro benzene ring substituents is 1. The molecule has 11 heteroatoms. The van der Waals surface area contributed by atoms with Gasteiger partial charge in [-0.1, -0.05) is 17.8 Å². The maximum absolute atomic E-state index is 12.3. The molecule has 0 saturated heterocycles. The molecule has 0 unspecified atom stereocenters. The molecule has 3 rings (SSSR count). The summed E-state index contributed by atoms with van der Waals surface area (Å²) in [6.07, 6.45) is 1.88. The van der Waals surface area contributed by atoms with Crippen LogP contribution in [0, 0.1) is 24.0 Å². The molecule has 0 spiro atoms. The summed E-state index contributed by atoms with van der Waals surface area (Å²) in [5.74, 6) is 0.599. The van der Waals surface area contributed by atoms with Crippen LogP contribution in [-0.4, -0.2) is 52.1 Å². The molecule has 1 aromatic heterocycles. The number of hydrogen-bond acceptors (Lipinski definition) is 8. The number of thioether (sulfide) groups is 1. The first-order valence-corrected chi connectivity index (χ1v) is 11.1. The quantitative estimate of drug-likeness (QED) is 0.272. The second-order valence-corrected chi connectivity index (χ2v) is 8.18. The van der Waals surface area contributed by atoms with Gasteiger partial charge in [-0.25, -0.2) is 0 Å². The van der Waals surface area contributed by atoms with Crippen LogP contribution in [0.4, 0.5) is 5.69 Å². The van der Waals surface area contributed by atoms with Crippen molar-refractivity contribution in [1.29, 1.82) is 0 Å². The van der Waals surface area contributed by atoms with Crippen molar-refractivity contribution in [2.75, 3.05) is 26.5 Å². The fourth-order valence-corrected chi connectivity index (χ4v) is 3.93. The van der Waals surface area contributed by atoms with Gasteiger partial charge < -0.3 is 14.8 Å². The number of ether oxygens (including phenoxy) is 2. The van der Waals surface area contributed by atoms with Crippen LogP contribution in [0.1, 0.15) is 16.7 Å². The van der Waals surface area contributed by atoms with E-state index in [1.807, 2.05) is 36.6 Å². The topological polar surface area (TPSA) is 121 Å². The first-order chi connectivity index (χ1) is 15.8. The molecule has 0 saturated carbocycles. The number of rotatable bonds is 10. The summed E-state index contributed by atoms with van der Waals surface area (Å²) in [6, 6.07) is 8.93. The summed E-state index contributed by atoms with van der Waals surface area (Å²) in [5.41, 5.74) is 3.62. The third kappa shape index (κ3) is 5.80. The Morgan fingerprint density at radius 2 is 1.88 bits per heavy atom. The Hall–Kier alpha value is -3.60. The SMILES string of the molecule is COc1cc(CCNC(=O)CSc2nncn2-c2ccc(C)c(C)c2)c([N+](=O)[O-])cc1OC. The Morgan fingerprint density at radius 1 is 1.15 bits per heavy atom. The predicted octanol–water partition coefficient (Wildman–Crippen LogP) is 3.26. The van der Waals surface area contributed by atoms with Gasteiger partial charge in [0.2, 0.25) is 5.91 Å². The van der Waals surface area contributed by atoms with E-state index < -0.39 is 4.92 Å². The van der Waals surface area contributed by atoms with Gasteiger partial charge in [-0.3, -0.25) is 19.5 Å². The Labute approximate surface area is 195 Å². The van der Waals surface area contributed by atoms with Crippen molar-refractivity contribution in [3.8, 4) is 17.2 Å². The highest BCUT2D eigenvalue weighted by Crippen LogP contribution is 2.34. The number of carbonyl (C=O) groups is 1. The zero-order chi connectivity index (χ0) is 24.0. The van der Waals surface area contributed by atoms with E-state index in [9.17, 15) is 14.9 Å². The van der Waals surface area contributed by atoms with Gasteiger partial charge in [-0.05, 0) is 49.6 Å². The molecule has 174 valence electrons. The molecular formula is C22H25N5O5S. The molecule has 0 atom stereocenters. The largest absolute Gasteiger partial charge is 0.493 e. The fraction of sp³-hybridized carbons (Fsp3) is 0.318. The van der Waals surface area contributed by atoms with Gasteiger partial charge in [0, 0.05) is 17.8 Å². The number of nitro groups is 1. The van der Waals surface area contributed by atoms with Crippen LogP contribution in [0.15, 0.2) is 41.8 Å². The number of amides is 1. The number of nitrogens with one attached hydrogen (secondary N) is 1. The number of aryl methyl sites for hydroxylation is 2. The molecule has 3 aromatic rings. The molecule has 0 fully saturated rings. The van der Waals surface area contributed by atoms with Gasteiger partial charge in [0.15, 0.2) is 16.7 Å². The molecule has 0 aliphatic carbocycles. The minimum absolute atomic E-state index is 0.0854. The van der Waals surface area contributed by atoms with Crippen LogP contribution in [0.2, 0.25) is 0 Å². The lowest BCUT2D eigenvalue weighted by molar-refractivity contribution is -0.385. The fourth-order valence-electron chi connectivity index (χ4n) is 3.17. The lowest BCUT2D eigenvalue weighted by atomic mass is 10.1. The van der Waals surface area contributed by atoms with Crippen LogP contribution in [0.25, 0.3) is 5.69 Å². The highest BCUT2D eigenvalue weighted by Gasteiger charge is 2.19. The van der Waals surface area contributed by atoms with Crippen molar-refractivity contribution in [1.82, 2.24) is 20.1 Å². The molecule has 0 radical (unpaired) electrons. The number of hydrogen-bond donors (Lipinski definition) is 1. The lowest BCUT2D eigenvalue weighted by Gasteiger charge is -2.11. The third-order valence-electron chi connectivity index (χ3n) is 5.12. The monoisotopic (exact) mass is 471 g/mol. The first kappa shape index (κ1) is 24.1. The van der Waals surface area contributed by atoms with E-state index in [1.165, 1.54) is 37.6 Å². The second-order valence-electron chi connectivity index (χ2n) is 7.23. The second kappa shape index (κ2) is 10.8. The van der Waals surface area contributed by atoms with E-state index in [1.54, 1.807) is 12.4 Å². The Balaban J connectivity index is 1.59. The molecule has 10 nitrogen and oxygen atoms in total. The van der Waals surface area contributed by atoms with Gasteiger partial charge in [-0.2, -0.15) is 0 Å². The van der Waals surface area contributed by atoms with Crippen molar-refractivity contribution in [2.45, 2.75) is 25.4 Å². The van der Waals surface area contributed by atoms with Gasteiger partial charge in [0.25, 0.3) is 5.69 Å². The zero-order valence-electron chi connectivity index (χ0n) is 18.8. The molecule has 1 N–H and O–H groups in total. The number of aromatic nitrogens is 3. The predicted molar refractivity (Wildman–Crippen MR) is 124 cm³/mol. The number of carbonyl (C=O) groups excluding carboxylic acids is 1. The molecule has 0 aliphatic heterocycles. The molecule has 2 aromatic carbocycles. The normalized spacial score (nSPS) is 10.7. The molecular weight excluding hydrogens is 446 g/mol. The summed E-state index contributed by atoms with van der Waals surface area (Å²) in [5, 5.41) is 22.9. The summed E-state index contributed by atoms with van der Waals surface area (Å²) in [4.78, 5) is 23.3. The summed E-state index contributed by atoms with van der Waals surface area (Å²) < 4.78 is 12.2. The summed E-state index contributed by atoms with van der Waals surface area (Å²) in [6.45, 7) is 4.31. The molecule has 33 heavy (non-hydrogen) atoms. The number of methoxy groups -OCH3 is 2. The summed E-state index contributed by atoms with van der Waals surface area (Å²) in [7, 11) is 2.88. The van der Waals surface area contributed by atoms with E-state index in [0.29, 0.717) is 16.5 Å². The maximum Gasteiger partial charge on any atom is 0.276 e. The van der Waals surface area contributed by atoms with E-state index >= 15 is 0 Å². The van der Waals surface area contributed by atoms with Crippen molar-refractivity contribution < 1.29 is 19.2 Å². The highest BCUT2D eigenvalue weighted by molar-refractivity contribution is 7.99. The van der Waals surface area contributed by atoms with E-state index in [2.05, 4.69) is 15.5 Å². The zero-order valence-corrected chi connectivity index (χ0v) is 19.6. The Bertz CT molecular complexity index is 1160. The molecule has 0 bridgehead atoms. The van der Waals surface area contributed by atoms with Crippen LogP contribution < -0.4 is 14.8 Å². The maximum atomic E-state index is 12.3. The van der Waals surface area contributed by atoms with Crippen LogP contribution in [0.3, 0.4) is 0 Å². The van der Waals surface area contributed by atoms with E-state index in [4.69, 9.17) is 9.47 Å². The van der Waals surface area contributed by atoms with E-state index in [-0.39, 0.29) is 36.1 Å². The molecule has 1 heterocycles. The van der Waals surface area contributed by atoms with Crippen LogP contribution >= 0.6 is 11.8 Å². The average Bonchev–Trinajstić information content (AvgIpc) is 3.27. The first-order valence-electron chi connectivity index (χ1n) is 10.1. The highest BCUT2D eigenvalue weighted by atomic mass is 32.2. The van der Waals surface area contributed by atoms with Gasteiger partial charge in [0.1, 0.15) is 6.33 Å². The third-order valence-corrected chi connectivity index (χ3v) is 6.06. The smallest absolute Gasteiger partial charge is 0.276 e. The van der Waals surface area contributed by atoms with Crippen molar-refractivity contribution >= 4 is 23.4 Å². The number of nitrogens with zero attached hydrogens (tertiary/aromatic N) is 4. The van der Waals surface area contributed by atoms with Crippen LogP contribution in [0.5, 0.6) is 11.5 Å². The standard InChI is InChI=1S/C22H25N5O5S/c1-14-5-6-17(9-15(14)2)26-13-24-25-22(26)33-12-21(28)23-8-7-16-10-19(31-3)20(32-4)11-18(16)27(29)30/h5-6,9-11,13H,7-8,12H2,1-4H3,(H,23,28). The van der Waals surface area contributed by atoms with Crippen molar-refractivity contribution in [3.05, 3.63) is 63.5 Å². The minimum atomic E-state index is -0.478. The molecule has 0 aliphatic rings. The number of benzene rings is 2. The van der Waals surface area contributed by atoms with Crippen molar-refractivity contribution in [3.63, 3.8) is 0 Å². The van der Waals surface area contributed by atoms with Crippen molar-refractivity contribution in [2.24, 2.45) is 0 Å². The Morgan fingerprint density at radius 3 is 2.55 bits per heavy atom. The lowest BCUT2D eigenvalue weighted by Crippen LogP contribution is -2.27. The Kier molecular flexibility index (Phi) is 7.88.